The highest BCUT2D eigenvalue weighted by Crippen LogP contribution is 2.32. The van der Waals surface area contributed by atoms with E-state index in [1.807, 2.05) is 0 Å². The van der Waals surface area contributed by atoms with E-state index in [0.29, 0.717) is 17.0 Å². The van der Waals surface area contributed by atoms with Crippen molar-refractivity contribution >= 4 is 39.4 Å². The lowest BCUT2D eigenvalue weighted by atomic mass is 10.2. The van der Waals surface area contributed by atoms with Gasteiger partial charge in [0.25, 0.3) is 0 Å². The van der Waals surface area contributed by atoms with E-state index < -0.39 is 5.97 Å². The fraction of sp³-hybridized carbons (Fsp3) is 0.133. The number of ketones is 1. The molecular formula is C15H12BrNO3S. The maximum absolute atomic E-state index is 11.5. The number of carbonyl (C=O) groups is 2. The lowest BCUT2D eigenvalue weighted by Gasteiger charge is -2.07. The average Bonchev–Trinajstić information content (AvgIpc) is 2.47. The second-order valence-electron chi connectivity index (χ2n) is 4.20. The van der Waals surface area contributed by atoms with Gasteiger partial charge in [-0.25, -0.2) is 4.79 Å². The molecule has 0 aliphatic rings. The van der Waals surface area contributed by atoms with Gasteiger partial charge in [0, 0.05) is 26.9 Å². The Labute approximate surface area is 134 Å². The molecule has 2 rings (SSSR count). The predicted molar refractivity (Wildman–Crippen MR) is 84.1 cm³/mol. The van der Waals surface area contributed by atoms with Crippen molar-refractivity contribution in [3.8, 4) is 0 Å². The van der Waals surface area contributed by atoms with Crippen LogP contribution in [0.5, 0.6) is 0 Å². The van der Waals surface area contributed by atoms with Crippen LogP contribution in [0.1, 0.15) is 34.2 Å². The van der Waals surface area contributed by atoms with Crippen LogP contribution in [-0.2, 0) is 0 Å². The Balaban J connectivity index is 2.28. The zero-order valence-corrected chi connectivity index (χ0v) is 13.6. The molecule has 4 nitrogen and oxygen atoms in total. The van der Waals surface area contributed by atoms with Gasteiger partial charge in [0.15, 0.2) is 5.78 Å². The minimum absolute atomic E-state index is 0.0137. The molecule has 21 heavy (non-hydrogen) atoms. The van der Waals surface area contributed by atoms with Crippen molar-refractivity contribution in [2.75, 3.05) is 0 Å². The molecule has 0 saturated carbocycles. The Hall–Kier alpha value is -1.66. The number of carbonyl (C=O) groups excluding carboxylic acids is 1. The summed E-state index contributed by atoms with van der Waals surface area (Å²) in [5.41, 5.74) is 0.659. The molecule has 0 unspecified atom stereocenters. The maximum Gasteiger partial charge on any atom is 0.336 e. The van der Waals surface area contributed by atoms with E-state index in [1.54, 1.807) is 43.5 Å². The van der Waals surface area contributed by atoms with E-state index in [0.717, 1.165) is 9.37 Å². The Bertz CT molecular complexity index is 686. The second-order valence-corrected chi connectivity index (χ2v) is 6.23. The molecule has 2 aromatic rings. The first kappa shape index (κ1) is 15.7. The molecule has 6 heteroatoms. The number of benzene rings is 1. The summed E-state index contributed by atoms with van der Waals surface area (Å²) >= 11 is 4.63. The highest BCUT2D eigenvalue weighted by molar-refractivity contribution is 9.10. The van der Waals surface area contributed by atoms with E-state index >= 15 is 0 Å². The van der Waals surface area contributed by atoms with Crippen molar-refractivity contribution in [2.24, 2.45) is 0 Å². The highest BCUT2D eigenvalue weighted by atomic mass is 79.9. The number of rotatable bonds is 5. The van der Waals surface area contributed by atoms with Gasteiger partial charge in [-0.15, -0.1) is 0 Å². The summed E-state index contributed by atoms with van der Waals surface area (Å²) in [6.45, 7) is 1.79. The lowest BCUT2D eigenvalue weighted by molar-refractivity contribution is 0.0693. The smallest absolute Gasteiger partial charge is 0.336 e. The van der Waals surface area contributed by atoms with Gasteiger partial charge >= 0.3 is 5.97 Å². The molecule has 0 fully saturated rings. The summed E-state index contributed by atoms with van der Waals surface area (Å²) < 4.78 is 0.806. The van der Waals surface area contributed by atoms with Gasteiger partial charge in [-0.3, -0.25) is 9.78 Å². The third kappa shape index (κ3) is 3.92. The molecule has 0 spiro atoms. The first-order valence-corrected chi connectivity index (χ1v) is 7.82. The van der Waals surface area contributed by atoms with Crippen LogP contribution in [0.3, 0.4) is 0 Å². The topological polar surface area (TPSA) is 67.3 Å². The Morgan fingerprint density at radius 2 is 2.05 bits per heavy atom. The average molecular weight is 366 g/mol. The lowest BCUT2D eigenvalue weighted by Crippen LogP contribution is -2.00. The number of aromatic carboxylic acids is 1. The van der Waals surface area contributed by atoms with E-state index in [2.05, 4.69) is 20.9 Å². The number of pyridine rings is 1. The second kappa shape index (κ2) is 6.87. The molecule has 0 saturated heterocycles. The van der Waals surface area contributed by atoms with Crippen LogP contribution in [0.4, 0.5) is 0 Å². The Morgan fingerprint density at radius 1 is 1.29 bits per heavy atom. The van der Waals surface area contributed by atoms with Gasteiger partial charge < -0.3 is 5.11 Å². The fourth-order valence-corrected chi connectivity index (χ4v) is 3.13. The summed E-state index contributed by atoms with van der Waals surface area (Å²) in [5, 5.41) is 9.19. The van der Waals surface area contributed by atoms with Crippen LogP contribution < -0.4 is 0 Å². The number of hydrogen-bond acceptors (Lipinski definition) is 4. The zero-order valence-electron chi connectivity index (χ0n) is 11.2. The Kier molecular flexibility index (Phi) is 5.14. The van der Waals surface area contributed by atoms with Gasteiger partial charge in [0.1, 0.15) is 5.69 Å². The standard InChI is InChI=1S/C15H12BrNO3S/c1-2-13(18)12-6-4-10(8-17-12)21-14-7-9(16)3-5-11(14)15(19)20/h3-8H,2H2,1H3,(H,19,20). The van der Waals surface area contributed by atoms with Gasteiger partial charge in [-0.1, -0.05) is 34.6 Å². The van der Waals surface area contributed by atoms with E-state index in [-0.39, 0.29) is 11.3 Å². The molecule has 0 amide bonds. The summed E-state index contributed by atoms with van der Waals surface area (Å²) in [6, 6.07) is 8.42. The molecule has 0 radical (unpaired) electrons. The third-order valence-electron chi connectivity index (χ3n) is 2.75. The molecule has 0 bridgehead atoms. The van der Waals surface area contributed by atoms with Crippen molar-refractivity contribution < 1.29 is 14.7 Å². The molecule has 0 aliphatic carbocycles. The van der Waals surface area contributed by atoms with Crippen LogP contribution in [-0.4, -0.2) is 21.8 Å². The zero-order chi connectivity index (χ0) is 15.4. The van der Waals surface area contributed by atoms with Crippen molar-refractivity contribution in [3.05, 3.63) is 52.3 Å². The molecule has 1 N–H and O–H groups in total. The van der Waals surface area contributed by atoms with Crippen molar-refractivity contribution in [1.82, 2.24) is 4.98 Å². The summed E-state index contributed by atoms with van der Waals surface area (Å²) in [4.78, 5) is 28.2. The number of hydrogen-bond donors (Lipinski definition) is 1. The molecule has 108 valence electrons. The van der Waals surface area contributed by atoms with Crippen LogP contribution in [0.2, 0.25) is 0 Å². The monoisotopic (exact) mass is 365 g/mol. The molecule has 1 aromatic heterocycles. The fourth-order valence-electron chi connectivity index (χ4n) is 1.67. The number of Topliss-reactive ketones (excluding diaryl/α,β-unsaturated/α-hetero) is 1. The van der Waals surface area contributed by atoms with Crippen LogP contribution in [0.25, 0.3) is 0 Å². The molecule has 0 atom stereocenters. The quantitative estimate of drug-likeness (QED) is 0.800. The molecule has 0 aliphatic heterocycles. The normalized spacial score (nSPS) is 10.4. The number of nitrogens with zero attached hydrogens (tertiary/aromatic N) is 1. The summed E-state index contributed by atoms with van der Waals surface area (Å²) in [6.07, 6.45) is 1.99. The van der Waals surface area contributed by atoms with Gasteiger partial charge in [-0.05, 0) is 30.3 Å². The first-order chi connectivity index (χ1) is 10.0. The largest absolute Gasteiger partial charge is 0.478 e. The predicted octanol–water partition coefficient (Wildman–Crippen LogP) is 4.29. The van der Waals surface area contributed by atoms with Crippen LogP contribution in [0, 0.1) is 0 Å². The maximum atomic E-state index is 11.5. The minimum atomic E-state index is -0.976. The first-order valence-electron chi connectivity index (χ1n) is 6.21. The number of carboxylic acid groups (broad SMARTS) is 1. The van der Waals surface area contributed by atoms with Crippen molar-refractivity contribution in [1.29, 1.82) is 0 Å². The molecular weight excluding hydrogens is 354 g/mol. The summed E-state index contributed by atoms with van der Waals surface area (Å²) in [5.74, 6) is -0.990. The van der Waals surface area contributed by atoms with E-state index in [1.165, 1.54) is 11.8 Å². The number of aromatic nitrogens is 1. The number of halogens is 1. The van der Waals surface area contributed by atoms with Gasteiger partial charge in [-0.2, -0.15) is 0 Å². The highest BCUT2D eigenvalue weighted by Gasteiger charge is 2.12. The molecule has 1 heterocycles. The van der Waals surface area contributed by atoms with Crippen molar-refractivity contribution in [3.63, 3.8) is 0 Å². The summed E-state index contributed by atoms with van der Waals surface area (Å²) in [7, 11) is 0. The van der Waals surface area contributed by atoms with Gasteiger partial charge in [0.05, 0.1) is 5.56 Å². The minimum Gasteiger partial charge on any atom is -0.478 e. The van der Waals surface area contributed by atoms with Crippen molar-refractivity contribution in [2.45, 2.75) is 23.1 Å². The van der Waals surface area contributed by atoms with Crippen LogP contribution in [0.15, 0.2) is 50.8 Å². The van der Waals surface area contributed by atoms with E-state index in [9.17, 15) is 14.7 Å². The third-order valence-corrected chi connectivity index (χ3v) is 4.27. The van der Waals surface area contributed by atoms with Gasteiger partial charge in [0.2, 0.25) is 0 Å². The van der Waals surface area contributed by atoms with E-state index in [4.69, 9.17) is 0 Å². The number of carboxylic acids is 1. The SMILES string of the molecule is CCC(=O)c1ccc(Sc2cc(Br)ccc2C(=O)O)cn1. The molecule has 1 aromatic carbocycles. The van der Waals surface area contributed by atoms with Crippen LogP contribution >= 0.6 is 27.7 Å². The Morgan fingerprint density at radius 3 is 2.62 bits per heavy atom.